The summed E-state index contributed by atoms with van der Waals surface area (Å²) in [5.74, 6) is 0. The van der Waals surface area contributed by atoms with Crippen LogP contribution >= 0.6 is 11.6 Å². The first-order valence-electron chi connectivity index (χ1n) is 7.50. The molecule has 2 aromatic rings. The van der Waals surface area contributed by atoms with Crippen molar-refractivity contribution in [3.63, 3.8) is 0 Å². The molecule has 1 aliphatic rings. The largest absolute Gasteiger partial charge is 0.387 e. The predicted molar refractivity (Wildman–Crippen MR) is 82.5 cm³/mol. The first-order valence-corrected chi connectivity index (χ1v) is 7.87. The summed E-state index contributed by atoms with van der Waals surface area (Å²) in [5.41, 5.74) is 1.32. The maximum absolute atomic E-state index is 10.7. The summed E-state index contributed by atoms with van der Waals surface area (Å²) in [4.78, 5) is 2.22. The van der Waals surface area contributed by atoms with Crippen molar-refractivity contribution in [1.82, 2.24) is 29.7 Å². The zero-order chi connectivity index (χ0) is 15.7. The summed E-state index contributed by atoms with van der Waals surface area (Å²) in [6.45, 7) is 4.69. The Morgan fingerprint density at radius 1 is 1.45 bits per heavy atom. The smallest absolute Gasteiger partial charge is 0.131 e. The van der Waals surface area contributed by atoms with E-state index in [0.29, 0.717) is 24.7 Å². The Balaban J connectivity index is 1.68. The van der Waals surface area contributed by atoms with Gasteiger partial charge in [-0.2, -0.15) is 5.10 Å². The molecule has 1 unspecified atom stereocenters. The molecular formula is C14H21ClN6O. The number of aromatic nitrogens is 5. The van der Waals surface area contributed by atoms with Gasteiger partial charge in [0.15, 0.2) is 0 Å². The molecule has 7 nitrogen and oxygen atoms in total. The Bertz CT molecular complexity index is 640. The number of hydrogen-bond donors (Lipinski definition) is 1. The molecule has 8 heteroatoms. The van der Waals surface area contributed by atoms with Gasteiger partial charge in [0.05, 0.1) is 24.0 Å². The Labute approximate surface area is 134 Å². The lowest BCUT2D eigenvalue weighted by molar-refractivity contribution is 0.0274. The minimum absolute atomic E-state index is 0.463. The van der Waals surface area contributed by atoms with Crippen LogP contribution in [0.3, 0.4) is 0 Å². The standard InChI is InChI=1S/C14H21ClN6O/c1-3-12-11(13(15)19(2)17-12)8-20-6-4-14(22,9-20)10-21-7-5-16-18-21/h5,7,22H,3-4,6,8-10H2,1-2H3. The third kappa shape index (κ3) is 3.02. The highest BCUT2D eigenvalue weighted by Crippen LogP contribution is 2.28. The Kier molecular flexibility index (Phi) is 4.20. The van der Waals surface area contributed by atoms with Crippen molar-refractivity contribution in [2.24, 2.45) is 7.05 Å². The van der Waals surface area contributed by atoms with Crippen LogP contribution < -0.4 is 0 Å². The van der Waals surface area contributed by atoms with Gasteiger partial charge in [0.2, 0.25) is 0 Å². The second-order valence-corrected chi connectivity index (χ2v) is 6.34. The molecular weight excluding hydrogens is 304 g/mol. The average Bonchev–Trinajstić information content (AvgIpc) is 3.17. The molecule has 0 spiro atoms. The fraction of sp³-hybridized carbons (Fsp3) is 0.643. The first-order chi connectivity index (χ1) is 10.5. The van der Waals surface area contributed by atoms with Gasteiger partial charge in [-0.1, -0.05) is 23.7 Å². The third-order valence-electron chi connectivity index (χ3n) is 4.21. The van der Waals surface area contributed by atoms with Gasteiger partial charge < -0.3 is 5.11 Å². The van der Waals surface area contributed by atoms with E-state index in [1.165, 1.54) is 0 Å². The molecule has 0 saturated carbocycles. The van der Waals surface area contributed by atoms with E-state index in [1.807, 2.05) is 7.05 Å². The highest BCUT2D eigenvalue weighted by Gasteiger charge is 2.37. The van der Waals surface area contributed by atoms with Crippen LogP contribution in [0.25, 0.3) is 0 Å². The predicted octanol–water partition coefficient (Wildman–Crippen LogP) is 0.864. The van der Waals surface area contributed by atoms with Gasteiger partial charge in [0, 0.05) is 38.4 Å². The fourth-order valence-electron chi connectivity index (χ4n) is 3.09. The normalized spacial score (nSPS) is 22.5. The van der Waals surface area contributed by atoms with Crippen LogP contribution in [0, 0.1) is 0 Å². The summed E-state index contributed by atoms with van der Waals surface area (Å²) in [7, 11) is 1.86. The Hall–Kier alpha value is -1.44. The number of rotatable bonds is 5. The number of hydrogen-bond acceptors (Lipinski definition) is 5. The van der Waals surface area contributed by atoms with Crippen molar-refractivity contribution in [2.45, 2.75) is 38.5 Å². The molecule has 120 valence electrons. The van der Waals surface area contributed by atoms with Crippen molar-refractivity contribution in [3.8, 4) is 0 Å². The lowest BCUT2D eigenvalue weighted by atomic mass is 10.0. The van der Waals surface area contributed by atoms with Gasteiger partial charge in [-0.05, 0) is 12.8 Å². The van der Waals surface area contributed by atoms with Gasteiger partial charge in [-0.15, -0.1) is 5.10 Å². The number of nitrogens with zero attached hydrogens (tertiary/aromatic N) is 6. The first kappa shape index (κ1) is 15.5. The van der Waals surface area contributed by atoms with Crippen molar-refractivity contribution >= 4 is 11.6 Å². The number of aryl methyl sites for hydroxylation is 2. The van der Waals surface area contributed by atoms with Crippen molar-refractivity contribution in [3.05, 3.63) is 28.8 Å². The third-order valence-corrected chi connectivity index (χ3v) is 4.68. The lowest BCUT2D eigenvalue weighted by Crippen LogP contribution is -2.37. The molecule has 1 N–H and O–H groups in total. The van der Waals surface area contributed by atoms with E-state index >= 15 is 0 Å². The highest BCUT2D eigenvalue weighted by molar-refractivity contribution is 6.30. The van der Waals surface area contributed by atoms with Gasteiger partial charge in [0.1, 0.15) is 5.15 Å². The van der Waals surface area contributed by atoms with Crippen molar-refractivity contribution < 1.29 is 5.11 Å². The summed E-state index contributed by atoms with van der Waals surface area (Å²) in [5, 5.41) is 23.6. The molecule has 2 aromatic heterocycles. The van der Waals surface area contributed by atoms with E-state index in [4.69, 9.17) is 11.6 Å². The monoisotopic (exact) mass is 324 g/mol. The van der Waals surface area contributed by atoms with E-state index in [9.17, 15) is 5.11 Å². The van der Waals surface area contributed by atoms with Crippen LogP contribution in [0.4, 0.5) is 0 Å². The van der Waals surface area contributed by atoms with Crippen LogP contribution in [0.5, 0.6) is 0 Å². The van der Waals surface area contributed by atoms with Crippen LogP contribution in [0.15, 0.2) is 12.4 Å². The van der Waals surface area contributed by atoms with E-state index in [-0.39, 0.29) is 0 Å². The zero-order valence-corrected chi connectivity index (χ0v) is 13.7. The van der Waals surface area contributed by atoms with Crippen LogP contribution in [0.2, 0.25) is 5.15 Å². The SMILES string of the molecule is CCc1nn(C)c(Cl)c1CN1CCC(O)(Cn2ccnn2)C1. The molecule has 3 rings (SSSR count). The number of β-amino-alcohol motifs (C(OH)–C–C–N with tert-alkyl or cyclic N) is 1. The van der Waals surface area contributed by atoms with Gasteiger partial charge in [0.25, 0.3) is 0 Å². The number of aliphatic hydroxyl groups is 1. The molecule has 1 atom stereocenters. The molecule has 0 radical (unpaired) electrons. The molecule has 0 amide bonds. The molecule has 0 aliphatic carbocycles. The van der Waals surface area contributed by atoms with E-state index in [0.717, 1.165) is 30.8 Å². The van der Waals surface area contributed by atoms with Crippen LogP contribution in [-0.2, 0) is 26.6 Å². The topological polar surface area (TPSA) is 72.0 Å². The van der Waals surface area contributed by atoms with Gasteiger partial charge in [-0.3, -0.25) is 9.58 Å². The average molecular weight is 325 g/mol. The molecule has 0 bridgehead atoms. The Morgan fingerprint density at radius 3 is 2.95 bits per heavy atom. The summed E-state index contributed by atoms with van der Waals surface area (Å²) in [6.07, 6.45) is 4.96. The Morgan fingerprint density at radius 2 is 2.27 bits per heavy atom. The number of halogens is 1. The minimum atomic E-state index is -0.769. The maximum atomic E-state index is 10.7. The highest BCUT2D eigenvalue weighted by atomic mass is 35.5. The summed E-state index contributed by atoms with van der Waals surface area (Å²) in [6, 6.07) is 0. The van der Waals surface area contributed by atoms with Crippen LogP contribution in [0.1, 0.15) is 24.6 Å². The lowest BCUT2D eigenvalue weighted by Gasteiger charge is -2.23. The van der Waals surface area contributed by atoms with Crippen molar-refractivity contribution in [2.75, 3.05) is 13.1 Å². The molecule has 3 heterocycles. The molecule has 22 heavy (non-hydrogen) atoms. The molecule has 1 saturated heterocycles. The molecule has 1 aliphatic heterocycles. The zero-order valence-electron chi connectivity index (χ0n) is 12.9. The van der Waals surface area contributed by atoms with Gasteiger partial charge in [-0.25, -0.2) is 4.68 Å². The van der Waals surface area contributed by atoms with E-state index in [2.05, 4.69) is 27.2 Å². The summed E-state index contributed by atoms with van der Waals surface area (Å²) < 4.78 is 3.39. The minimum Gasteiger partial charge on any atom is -0.387 e. The molecule has 1 fully saturated rings. The second-order valence-electron chi connectivity index (χ2n) is 5.98. The van der Waals surface area contributed by atoms with E-state index in [1.54, 1.807) is 21.8 Å². The molecule has 0 aromatic carbocycles. The maximum Gasteiger partial charge on any atom is 0.131 e. The van der Waals surface area contributed by atoms with E-state index < -0.39 is 5.60 Å². The number of likely N-dealkylation sites (tertiary alicyclic amines) is 1. The second kappa shape index (κ2) is 5.98. The van der Waals surface area contributed by atoms with Gasteiger partial charge >= 0.3 is 0 Å². The summed E-state index contributed by atoms with van der Waals surface area (Å²) >= 11 is 6.35. The van der Waals surface area contributed by atoms with Crippen LogP contribution in [-0.4, -0.2) is 53.5 Å². The van der Waals surface area contributed by atoms with Crippen molar-refractivity contribution in [1.29, 1.82) is 0 Å². The quantitative estimate of drug-likeness (QED) is 0.883. The fourth-order valence-corrected chi connectivity index (χ4v) is 3.29.